The first kappa shape index (κ1) is 12.9. The molecule has 17 heavy (non-hydrogen) atoms. The molecule has 1 aromatic carbocycles. The molecule has 1 aliphatic rings. The summed E-state index contributed by atoms with van der Waals surface area (Å²) in [5.41, 5.74) is 1.25. The topological polar surface area (TPSA) is 18.5 Å². The lowest BCUT2D eigenvalue weighted by Gasteiger charge is -2.19. The zero-order valence-electron chi connectivity index (χ0n) is 10.4. The Kier molecular flexibility index (Phi) is 4.10. The summed E-state index contributed by atoms with van der Waals surface area (Å²) < 4.78 is 11.7. The van der Waals surface area contributed by atoms with Crippen LogP contribution in [0.15, 0.2) is 24.3 Å². The van der Waals surface area contributed by atoms with E-state index in [1.807, 2.05) is 12.1 Å². The Morgan fingerprint density at radius 3 is 2.94 bits per heavy atom. The fourth-order valence-electron chi connectivity index (χ4n) is 2.10. The summed E-state index contributed by atoms with van der Waals surface area (Å²) in [6.07, 6.45) is 2.44. The van der Waals surface area contributed by atoms with E-state index >= 15 is 0 Å². The first-order valence-corrected chi connectivity index (χ1v) is 7.17. The van der Waals surface area contributed by atoms with Gasteiger partial charge in [-0.3, -0.25) is 0 Å². The van der Waals surface area contributed by atoms with Crippen LogP contribution in [-0.2, 0) is 10.1 Å². The highest BCUT2D eigenvalue weighted by Crippen LogP contribution is 2.29. The van der Waals surface area contributed by atoms with Crippen molar-refractivity contribution in [2.24, 2.45) is 0 Å². The molecular weight excluding hydrogens is 280 g/mol. The van der Waals surface area contributed by atoms with Crippen LogP contribution in [0.5, 0.6) is 5.75 Å². The van der Waals surface area contributed by atoms with Crippen LogP contribution in [0.1, 0.15) is 32.3 Å². The van der Waals surface area contributed by atoms with Gasteiger partial charge in [0.05, 0.1) is 11.7 Å². The van der Waals surface area contributed by atoms with E-state index in [4.69, 9.17) is 9.47 Å². The predicted molar refractivity (Wildman–Crippen MR) is 72.8 cm³/mol. The zero-order chi connectivity index (χ0) is 12.3. The van der Waals surface area contributed by atoms with Gasteiger partial charge < -0.3 is 9.47 Å². The normalized spacial score (nSPS) is 22.6. The monoisotopic (exact) mass is 298 g/mol. The van der Waals surface area contributed by atoms with E-state index in [9.17, 15) is 0 Å². The zero-order valence-corrected chi connectivity index (χ0v) is 12.0. The first-order valence-electron chi connectivity index (χ1n) is 6.04. The third-order valence-corrected chi connectivity index (χ3v) is 3.69. The van der Waals surface area contributed by atoms with Gasteiger partial charge in [0.25, 0.3) is 0 Å². The largest absolute Gasteiger partial charge is 0.491 e. The summed E-state index contributed by atoms with van der Waals surface area (Å²) in [6.45, 7) is 4.92. The standard InChI is InChI=1S/C14H19BrO2/c1-14(2)7-6-13(17-14)10-16-12-5-3-4-11(8-12)9-15/h3-5,8,13H,6-7,9-10H2,1-2H3. The lowest BCUT2D eigenvalue weighted by Crippen LogP contribution is -2.23. The third kappa shape index (κ3) is 3.71. The molecule has 94 valence electrons. The molecule has 1 heterocycles. The maximum Gasteiger partial charge on any atom is 0.119 e. The SMILES string of the molecule is CC1(C)CCC(COc2cccc(CBr)c2)O1. The van der Waals surface area contributed by atoms with Crippen LogP contribution >= 0.6 is 15.9 Å². The number of hydrogen-bond donors (Lipinski definition) is 0. The van der Waals surface area contributed by atoms with E-state index in [-0.39, 0.29) is 11.7 Å². The second kappa shape index (κ2) is 5.40. The Bertz CT molecular complexity index is 376. The van der Waals surface area contributed by atoms with Crippen LogP contribution in [-0.4, -0.2) is 18.3 Å². The molecule has 0 aromatic heterocycles. The molecule has 3 heteroatoms. The van der Waals surface area contributed by atoms with Crippen molar-refractivity contribution in [3.8, 4) is 5.75 Å². The van der Waals surface area contributed by atoms with Crippen LogP contribution in [0.25, 0.3) is 0 Å². The molecule has 2 rings (SSSR count). The molecule has 1 saturated heterocycles. The molecule has 0 spiro atoms. The minimum atomic E-state index is 0.0196. The molecule has 2 nitrogen and oxygen atoms in total. The Labute approximate surface area is 111 Å². The Balaban J connectivity index is 1.86. The summed E-state index contributed by atoms with van der Waals surface area (Å²) in [4.78, 5) is 0. The smallest absolute Gasteiger partial charge is 0.119 e. The van der Waals surface area contributed by atoms with Gasteiger partial charge in [-0.15, -0.1) is 0 Å². The van der Waals surface area contributed by atoms with Crippen LogP contribution in [0, 0.1) is 0 Å². The van der Waals surface area contributed by atoms with Crippen LogP contribution in [0.2, 0.25) is 0 Å². The Hall–Kier alpha value is -0.540. The summed E-state index contributed by atoms with van der Waals surface area (Å²) in [7, 11) is 0. The quantitative estimate of drug-likeness (QED) is 0.785. The molecule has 1 aliphatic heterocycles. The highest BCUT2D eigenvalue weighted by atomic mass is 79.9. The van der Waals surface area contributed by atoms with E-state index < -0.39 is 0 Å². The lowest BCUT2D eigenvalue weighted by molar-refractivity contribution is -0.0326. The predicted octanol–water partition coefficient (Wildman–Crippen LogP) is 3.92. The molecule has 1 fully saturated rings. The third-order valence-electron chi connectivity index (χ3n) is 3.04. The van der Waals surface area contributed by atoms with Gasteiger partial charge in [0, 0.05) is 5.33 Å². The van der Waals surface area contributed by atoms with Gasteiger partial charge in [0.15, 0.2) is 0 Å². The fourth-order valence-corrected chi connectivity index (χ4v) is 2.45. The first-order chi connectivity index (χ1) is 8.09. The number of halogens is 1. The number of benzene rings is 1. The van der Waals surface area contributed by atoms with Gasteiger partial charge in [-0.1, -0.05) is 28.1 Å². The number of ether oxygens (including phenoxy) is 2. The molecule has 1 unspecified atom stereocenters. The van der Waals surface area contributed by atoms with Gasteiger partial charge in [0.1, 0.15) is 12.4 Å². The van der Waals surface area contributed by atoms with Crippen molar-refractivity contribution >= 4 is 15.9 Å². The molecule has 0 bridgehead atoms. The van der Waals surface area contributed by atoms with Crippen molar-refractivity contribution in [2.75, 3.05) is 6.61 Å². The van der Waals surface area contributed by atoms with Crippen molar-refractivity contribution in [3.63, 3.8) is 0 Å². The minimum Gasteiger partial charge on any atom is -0.491 e. The van der Waals surface area contributed by atoms with Gasteiger partial charge in [-0.2, -0.15) is 0 Å². The van der Waals surface area contributed by atoms with E-state index in [1.54, 1.807) is 0 Å². The molecule has 0 radical (unpaired) electrons. The number of alkyl halides is 1. The average Bonchev–Trinajstić information content (AvgIpc) is 2.67. The summed E-state index contributed by atoms with van der Waals surface area (Å²) in [5, 5.41) is 0.858. The second-order valence-corrected chi connectivity index (χ2v) is 5.69. The van der Waals surface area contributed by atoms with E-state index in [2.05, 4.69) is 41.9 Å². The minimum absolute atomic E-state index is 0.0196. The van der Waals surface area contributed by atoms with Crippen molar-refractivity contribution in [1.29, 1.82) is 0 Å². The molecule has 0 N–H and O–H groups in total. The molecule has 0 saturated carbocycles. The fraction of sp³-hybridized carbons (Fsp3) is 0.571. The lowest BCUT2D eigenvalue weighted by atomic mass is 10.1. The van der Waals surface area contributed by atoms with E-state index in [0.717, 1.165) is 23.9 Å². The Morgan fingerprint density at radius 2 is 2.29 bits per heavy atom. The molecule has 0 aliphatic carbocycles. The second-order valence-electron chi connectivity index (χ2n) is 5.13. The Morgan fingerprint density at radius 1 is 1.47 bits per heavy atom. The van der Waals surface area contributed by atoms with Gasteiger partial charge in [-0.05, 0) is 44.4 Å². The molecular formula is C14H19BrO2. The van der Waals surface area contributed by atoms with E-state index in [1.165, 1.54) is 5.56 Å². The highest BCUT2D eigenvalue weighted by Gasteiger charge is 2.31. The summed E-state index contributed by atoms with van der Waals surface area (Å²) in [6, 6.07) is 8.16. The average molecular weight is 299 g/mol. The number of rotatable bonds is 4. The van der Waals surface area contributed by atoms with Crippen LogP contribution in [0.4, 0.5) is 0 Å². The van der Waals surface area contributed by atoms with Crippen molar-refractivity contribution in [3.05, 3.63) is 29.8 Å². The van der Waals surface area contributed by atoms with Crippen molar-refractivity contribution in [2.45, 2.75) is 43.7 Å². The maximum absolute atomic E-state index is 5.89. The van der Waals surface area contributed by atoms with Gasteiger partial charge in [-0.25, -0.2) is 0 Å². The van der Waals surface area contributed by atoms with Crippen LogP contribution in [0.3, 0.4) is 0 Å². The van der Waals surface area contributed by atoms with Gasteiger partial charge >= 0.3 is 0 Å². The maximum atomic E-state index is 5.89. The molecule has 0 amide bonds. The van der Waals surface area contributed by atoms with Gasteiger partial charge in [0.2, 0.25) is 0 Å². The molecule has 1 atom stereocenters. The van der Waals surface area contributed by atoms with Crippen molar-refractivity contribution < 1.29 is 9.47 Å². The summed E-state index contributed by atoms with van der Waals surface area (Å²) >= 11 is 3.44. The van der Waals surface area contributed by atoms with E-state index in [0.29, 0.717) is 6.61 Å². The highest BCUT2D eigenvalue weighted by molar-refractivity contribution is 9.08. The summed E-state index contributed by atoms with van der Waals surface area (Å²) in [5.74, 6) is 0.926. The van der Waals surface area contributed by atoms with Crippen molar-refractivity contribution in [1.82, 2.24) is 0 Å². The molecule has 1 aromatic rings. The van der Waals surface area contributed by atoms with Crippen LogP contribution < -0.4 is 4.74 Å². The number of hydrogen-bond acceptors (Lipinski definition) is 2.